The summed E-state index contributed by atoms with van der Waals surface area (Å²) in [6.07, 6.45) is 6.35. The van der Waals surface area contributed by atoms with E-state index in [0.29, 0.717) is 0 Å². The van der Waals surface area contributed by atoms with Gasteiger partial charge in [-0.3, -0.25) is 0 Å². The molecule has 23 heavy (non-hydrogen) atoms. The predicted molar refractivity (Wildman–Crippen MR) is 94.3 cm³/mol. The Kier molecular flexibility index (Phi) is 3.22. The first kappa shape index (κ1) is 14.1. The van der Waals surface area contributed by atoms with E-state index in [2.05, 4.69) is 66.0 Å². The molecule has 0 aliphatic heterocycles. The lowest BCUT2D eigenvalue weighted by atomic mass is 10.0. The summed E-state index contributed by atoms with van der Waals surface area (Å²) < 4.78 is 8.04. The van der Waals surface area contributed by atoms with Crippen LogP contribution in [0.2, 0.25) is 0 Å². The number of para-hydroxylation sites is 1. The summed E-state index contributed by atoms with van der Waals surface area (Å²) in [4.78, 5) is 3.58. The monoisotopic (exact) mass is 305 g/mol. The fourth-order valence-electron chi connectivity index (χ4n) is 3.67. The Morgan fingerprint density at radius 2 is 1.87 bits per heavy atom. The Bertz CT molecular complexity index is 1030. The molecule has 4 aromatic rings. The summed E-state index contributed by atoms with van der Waals surface area (Å²) in [5.41, 5.74) is 6.08. The van der Waals surface area contributed by atoms with E-state index in [1.165, 1.54) is 21.9 Å². The summed E-state index contributed by atoms with van der Waals surface area (Å²) >= 11 is 0. The molecular weight excluding hydrogens is 284 g/mol. The lowest BCUT2D eigenvalue weighted by Gasteiger charge is -2.10. The minimum atomic E-state index is 0.972. The van der Waals surface area contributed by atoms with Crippen molar-refractivity contribution in [2.45, 2.75) is 26.7 Å². The molecule has 0 fully saturated rings. The molecule has 1 aromatic carbocycles. The fourth-order valence-corrected chi connectivity index (χ4v) is 3.67. The molecule has 0 spiro atoms. The van der Waals surface area contributed by atoms with Gasteiger partial charge in [-0.1, -0.05) is 32.0 Å². The summed E-state index contributed by atoms with van der Waals surface area (Å²) in [6, 6.07) is 10.6. The van der Waals surface area contributed by atoms with E-state index in [-0.39, 0.29) is 0 Å². The van der Waals surface area contributed by atoms with Crippen LogP contribution in [-0.4, -0.2) is 12.1 Å². The molecule has 0 radical (unpaired) electrons. The molecule has 0 saturated carbocycles. The van der Waals surface area contributed by atoms with Gasteiger partial charge in [0.05, 0.1) is 7.11 Å². The van der Waals surface area contributed by atoms with E-state index in [4.69, 9.17) is 4.74 Å². The maximum atomic E-state index is 5.86. The number of aromatic nitrogens is 2. The molecule has 0 atom stereocenters. The van der Waals surface area contributed by atoms with Gasteiger partial charge in [-0.05, 0) is 18.9 Å². The molecule has 116 valence electrons. The number of nitrogens with one attached hydrogen (secondary N) is 1. The van der Waals surface area contributed by atoms with Crippen LogP contribution < -0.4 is 9.14 Å². The predicted octanol–water partition coefficient (Wildman–Crippen LogP) is 4.19. The van der Waals surface area contributed by atoms with Crippen molar-refractivity contribution in [1.29, 1.82) is 0 Å². The highest BCUT2D eigenvalue weighted by molar-refractivity contribution is 6.11. The summed E-state index contributed by atoms with van der Waals surface area (Å²) in [5.74, 6) is 0.990. The van der Waals surface area contributed by atoms with Crippen molar-refractivity contribution >= 4 is 27.3 Å². The van der Waals surface area contributed by atoms with Gasteiger partial charge in [0.1, 0.15) is 5.52 Å². The minimum absolute atomic E-state index is 0.972. The van der Waals surface area contributed by atoms with E-state index >= 15 is 0 Å². The smallest absolute Gasteiger partial charge is 0.277 e. The maximum Gasteiger partial charge on any atom is 0.277 e. The van der Waals surface area contributed by atoms with Crippen molar-refractivity contribution in [1.82, 2.24) is 4.98 Å². The number of ether oxygens (including phenoxy) is 1. The average molecular weight is 305 g/mol. The molecule has 1 N–H and O–H groups in total. The Balaban J connectivity index is 2.24. The molecule has 3 aromatic heterocycles. The van der Waals surface area contributed by atoms with E-state index in [9.17, 15) is 0 Å². The number of pyridine rings is 2. The average Bonchev–Trinajstić information content (AvgIpc) is 2.98. The molecule has 3 heteroatoms. The van der Waals surface area contributed by atoms with Crippen LogP contribution >= 0.6 is 0 Å². The molecule has 0 unspecified atom stereocenters. The van der Waals surface area contributed by atoms with Crippen molar-refractivity contribution in [3.8, 4) is 5.75 Å². The van der Waals surface area contributed by atoms with Crippen LogP contribution in [0, 0.1) is 0 Å². The van der Waals surface area contributed by atoms with Crippen molar-refractivity contribution in [2.24, 2.45) is 0 Å². The molecule has 0 aliphatic rings. The van der Waals surface area contributed by atoms with E-state index in [1.54, 1.807) is 7.11 Å². The topological polar surface area (TPSA) is 29.1 Å². The van der Waals surface area contributed by atoms with Gasteiger partial charge < -0.3 is 9.72 Å². The highest BCUT2D eigenvalue weighted by Crippen LogP contribution is 2.33. The van der Waals surface area contributed by atoms with Gasteiger partial charge in [-0.15, -0.1) is 0 Å². The molecule has 3 heterocycles. The van der Waals surface area contributed by atoms with Gasteiger partial charge in [0, 0.05) is 33.5 Å². The van der Waals surface area contributed by atoms with Crippen molar-refractivity contribution in [3.05, 3.63) is 53.9 Å². The number of rotatable bonds is 3. The molecular formula is C20H21N2O+. The van der Waals surface area contributed by atoms with E-state index < -0.39 is 0 Å². The van der Waals surface area contributed by atoms with Gasteiger partial charge >= 0.3 is 0 Å². The van der Waals surface area contributed by atoms with Crippen molar-refractivity contribution < 1.29 is 9.14 Å². The van der Waals surface area contributed by atoms with Crippen molar-refractivity contribution in [3.63, 3.8) is 0 Å². The van der Waals surface area contributed by atoms with Crippen LogP contribution in [0.1, 0.15) is 25.0 Å². The summed E-state index contributed by atoms with van der Waals surface area (Å²) in [5, 5.41) is 2.50. The third kappa shape index (κ3) is 1.93. The summed E-state index contributed by atoms with van der Waals surface area (Å²) in [7, 11) is 1.77. The highest BCUT2D eigenvalue weighted by atomic mass is 16.5. The molecule has 3 nitrogen and oxygen atoms in total. The van der Waals surface area contributed by atoms with Gasteiger partial charge in [-0.2, -0.15) is 4.40 Å². The Hall–Kier alpha value is -2.55. The van der Waals surface area contributed by atoms with Gasteiger partial charge in [0.2, 0.25) is 0 Å². The molecule has 0 saturated heterocycles. The first-order chi connectivity index (χ1) is 11.3. The minimum Gasteiger partial charge on any atom is -0.490 e. The second-order valence-electron chi connectivity index (χ2n) is 5.90. The standard InChI is InChI=1S/C20H20N2O/c1-4-13-12-22-11-10-16-15-8-6-7-9-17(15)21-18(16)19(22)20(23-3)14(13)5-2/h6-12H,4-5H2,1-3H3/p+1. The maximum absolute atomic E-state index is 5.86. The van der Waals surface area contributed by atoms with E-state index in [0.717, 1.165) is 35.1 Å². The van der Waals surface area contributed by atoms with Crippen LogP contribution in [-0.2, 0) is 12.8 Å². The van der Waals surface area contributed by atoms with Crippen LogP contribution in [0.15, 0.2) is 42.7 Å². The number of nitrogens with zero attached hydrogens (tertiary/aromatic N) is 1. The molecule has 0 amide bonds. The van der Waals surface area contributed by atoms with Gasteiger partial charge in [0.25, 0.3) is 5.52 Å². The van der Waals surface area contributed by atoms with Crippen molar-refractivity contribution in [2.75, 3.05) is 7.11 Å². The quantitative estimate of drug-likeness (QED) is 0.565. The number of methoxy groups -OCH3 is 1. The SMILES string of the molecule is CCc1c[n+]2ccc3c4ccccc4[nH]c3c2c(OC)c1CC. The zero-order chi connectivity index (χ0) is 16.0. The van der Waals surface area contributed by atoms with Crippen LogP contribution in [0.4, 0.5) is 0 Å². The number of aryl methyl sites for hydroxylation is 1. The molecule has 0 aliphatic carbocycles. The van der Waals surface area contributed by atoms with Gasteiger partial charge in [-0.25, -0.2) is 0 Å². The number of aromatic amines is 1. The number of hydrogen-bond donors (Lipinski definition) is 1. The first-order valence-corrected chi connectivity index (χ1v) is 8.21. The first-order valence-electron chi connectivity index (χ1n) is 8.21. The normalized spacial score (nSPS) is 11.6. The van der Waals surface area contributed by atoms with E-state index in [1.807, 2.05) is 0 Å². The second-order valence-corrected chi connectivity index (χ2v) is 5.90. The van der Waals surface area contributed by atoms with Gasteiger partial charge in [0.15, 0.2) is 18.1 Å². The Morgan fingerprint density at radius 3 is 2.61 bits per heavy atom. The zero-order valence-electron chi connectivity index (χ0n) is 13.8. The van der Waals surface area contributed by atoms with Crippen LogP contribution in [0.5, 0.6) is 5.75 Å². The number of H-pyrrole nitrogens is 1. The summed E-state index contributed by atoms with van der Waals surface area (Å²) in [6.45, 7) is 4.39. The third-order valence-corrected chi connectivity index (χ3v) is 4.75. The number of hydrogen-bond acceptors (Lipinski definition) is 1. The molecule has 0 bridgehead atoms. The largest absolute Gasteiger partial charge is 0.490 e. The van der Waals surface area contributed by atoms with Crippen LogP contribution in [0.25, 0.3) is 27.3 Å². The van der Waals surface area contributed by atoms with Crippen LogP contribution in [0.3, 0.4) is 0 Å². The Morgan fingerprint density at radius 1 is 1.04 bits per heavy atom. The highest BCUT2D eigenvalue weighted by Gasteiger charge is 2.22. The third-order valence-electron chi connectivity index (χ3n) is 4.75. The second kappa shape index (κ2) is 5.27. The lowest BCUT2D eigenvalue weighted by Crippen LogP contribution is -2.24. The molecule has 4 rings (SSSR count). The number of benzene rings is 1. The fraction of sp³-hybridized carbons (Fsp3) is 0.250. The lowest BCUT2D eigenvalue weighted by molar-refractivity contribution is -0.511. The number of fused-ring (bicyclic) bond motifs is 5. The zero-order valence-corrected chi connectivity index (χ0v) is 13.8. The Labute approximate surface area is 135 Å².